The van der Waals surface area contributed by atoms with Crippen LogP contribution in [0.2, 0.25) is 0 Å². The van der Waals surface area contributed by atoms with Crippen LogP contribution in [-0.2, 0) is 29.0 Å². The molecule has 0 aliphatic heterocycles. The smallest absolute Gasteiger partial charge is 0.336 e. The van der Waals surface area contributed by atoms with E-state index in [1.54, 1.807) is 4.52 Å². The highest BCUT2D eigenvalue weighted by atomic mass is 16.5. The summed E-state index contributed by atoms with van der Waals surface area (Å²) in [5, 5.41) is 4.93. The fourth-order valence-electron chi connectivity index (χ4n) is 3.59. The monoisotopic (exact) mass is 406 g/mol. The average molecular weight is 406 g/mol. The van der Waals surface area contributed by atoms with Crippen molar-refractivity contribution in [3.63, 3.8) is 0 Å². The number of esters is 1. The third kappa shape index (κ3) is 3.80. The number of carbonyl (C=O) groups excluding carboxylic acids is 1. The molecule has 0 saturated carbocycles. The lowest BCUT2D eigenvalue weighted by Crippen LogP contribution is -2.11. The van der Waals surface area contributed by atoms with Gasteiger partial charge in [-0.15, -0.1) is 0 Å². The number of carbonyl (C=O) groups is 1. The van der Waals surface area contributed by atoms with Gasteiger partial charge >= 0.3 is 11.6 Å². The highest BCUT2D eigenvalue weighted by Gasteiger charge is 2.14. The molecule has 0 atom stereocenters. The molecular weight excluding hydrogens is 384 g/mol. The molecule has 4 rings (SSSR count). The number of rotatable bonds is 6. The summed E-state index contributed by atoms with van der Waals surface area (Å²) in [7, 11) is 0. The second kappa shape index (κ2) is 8.06. The Labute approximate surface area is 172 Å². The first-order valence-corrected chi connectivity index (χ1v) is 9.83. The van der Waals surface area contributed by atoms with Gasteiger partial charge in [0.15, 0.2) is 0 Å². The van der Waals surface area contributed by atoms with E-state index in [-0.39, 0.29) is 19.0 Å². The quantitative estimate of drug-likeness (QED) is 0.358. The van der Waals surface area contributed by atoms with Gasteiger partial charge in [-0.25, -0.2) is 14.3 Å². The van der Waals surface area contributed by atoms with Crippen LogP contribution in [0.15, 0.2) is 39.8 Å². The molecule has 0 N–H and O–H groups in total. The molecule has 0 aliphatic carbocycles. The number of hydrogen-bond acceptors (Lipinski definition) is 7. The van der Waals surface area contributed by atoms with Crippen molar-refractivity contribution in [1.82, 2.24) is 19.6 Å². The number of fused-ring (bicyclic) bond motifs is 2. The summed E-state index contributed by atoms with van der Waals surface area (Å²) in [6, 6.07) is 7.09. The van der Waals surface area contributed by atoms with Gasteiger partial charge in [0, 0.05) is 34.8 Å². The second-order valence-electron chi connectivity index (χ2n) is 7.17. The van der Waals surface area contributed by atoms with Crippen LogP contribution in [0.3, 0.4) is 0 Å². The van der Waals surface area contributed by atoms with Crippen molar-refractivity contribution in [2.75, 3.05) is 0 Å². The maximum Gasteiger partial charge on any atom is 0.336 e. The first-order chi connectivity index (χ1) is 14.5. The first-order valence-electron chi connectivity index (χ1n) is 9.83. The van der Waals surface area contributed by atoms with Crippen molar-refractivity contribution in [2.45, 2.75) is 46.6 Å². The Morgan fingerprint density at radius 2 is 2.07 bits per heavy atom. The normalized spacial score (nSPS) is 11.3. The fraction of sp³-hybridized carbons (Fsp3) is 0.318. The van der Waals surface area contributed by atoms with Gasteiger partial charge in [0.05, 0.1) is 0 Å². The summed E-state index contributed by atoms with van der Waals surface area (Å²) in [5.41, 5.74) is 4.42. The fourth-order valence-corrected chi connectivity index (χ4v) is 3.59. The van der Waals surface area contributed by atoms with Crippen LogP contribution in [0.4, 0.5) is 0 Å². The predicted molar refractivity (Wildman–Crippen MR) is 110 cm³/mol. The lowest BCUT2D eigenvalue weighted by molar-refractivity contribution is -0.144. The highest BCUT2D eigenvalue weighted by molar-refractivity contribution is 5.81. The van der Waals surface area contributed by atoms with E-state index in [1.165, 1.54) is 12.4 Å². The predicted octanol–water partition coefficient (Wildman–Crippen LogP) is 3.09. The van der Waals surface area contributed by atoms with Crippen molar-refractivity contribution in [3.8, 4) is 0 Å². The number of benzene rings is 1. The molecule has 4 aromatic rings. The Kier molecular flexibility index (Phi) is 5.31. The number of nitrogens with zero attached hydrogens (tertiary/aromatic N) is 4. The molecule has 0 bridgehead atoms. The number of aromatic nitrogens is 4. The van der Waals surface area contributed by atoms with Gasteiger partial charge in [0.25, 0.3) is 5.78 Å². The minimum atomic E-state index is -0.458. The number of aryl methyl sites for hydroxylation is 3. The van der Waals surface area contributed by atoms with Crippen molar-refractivity contribution < 1.29 is 13.9 Å². The van der Waals surface area contributed by atoms with E-state index in [9.17, 15) is 9.59 Å². The van der Waals surface area contributed by atoms with Crippen LogP contribution in [0.25, 0.3) is 16.7 Å². The summed E-state index contributed by atoms with van der Waals surface area (Å²) in [5.74, 6) is 0.191. The van der Waals surface area contributed by atoms with Gasteiger partial charge in [0.2, 0.25) is 0 Å². The van der Waals surface area contributed by atoms with Crippen molar-refractivity contribution in [1.29, 1.82) is 0 Å². The van der Waals surface area contributed by atoms with Crippen molar-refractivity contribution in [2.24, 2.45) is 0 Å². The average Bonchev–Trinajstić information content (AvgIpc) is 3.19. The van der Waals surface area contributed by atoms with E-state index in [1.807, 2.05) is 39.0 Å². The van der Waals surface area contributed by atoms with Crippen LogP contribution in [0.1, 0.15) is 41.4 Å². The van der Waals surface area contributed by atoms with Crippen molar-refractivity contribution in [3.05, 3.63) is 69.1 Å². The molecule has 1 aromatic carbocycles. The van der Waals surface area contributed by atoms with Gasteiger partial charge in [-0.05, 0) is 43.9 Å². The first kappa shape index (κ1) is 19.8. The summed E-state index contributed by atoms with van der Waals surface area (Å²) in [4.78, 5) is 32.8. The summed E-state index contributed by atoms with van der Waals surface area (Å²) in [6.45, 7) is 5.87. The van der Waals surface area contributed by atoms with Gasteiger partial charge < -0.3 is 9.15 Å². The van der Waals surface area contributed by atoms with Crippen LogP contribution in [-0.4, -0.2) is 25.6 Å². The SMILES string of the molecule is CCc1ccc2c(COC(=O)CCc3c(C)nc4ncnn4c3C)cc(=O)oc2c1. The number of ether oxygens (including phenoxy) is 1. The standard InChI is InChI=1S/C22H22N4O4/c1-4-15-5-6-18-16(10-21(28)30-19(18)9-15)11-29-20(27)8-7-17-13(2)25-22-23-12-24-26(22)14(17)3/h5-6,9-10,12H,4,7-8,11H2,1-3H3. The zero-order chi connectivity index (χ0) is 21.3. The Bertz CT molecular complexity index is 1310. The Balaban J connectivity index is 1.46. The largest absolute Gasteiger partial charge is 0.461 e. The van der Waals surface area contributed by atoms with Gasteiger partial charge in [-0.2, -0.15) is 10.1 Å². The summed E-state index contributed by atoms with van der Waals surface area (Å²) >= 11 is 0. The van der Waals surface area contributed by atoms with Crippen LogP contribution >= 0.6 is 0 Å². The molecule has 0 radical (unpaired) electrons. The molecule has 0 aliphatic rings. The van der Waals surface area contributed by atoms with E-state index in [0.717, 1.165) is 34.3 Å². The maximum absolute atomic E-state index is 12.4. The molecule has 3 aromatic heterocycles. The Hall–Kier alpha value is -3.55. The summed E-state index contributed by atoms with van der Waals surface area (Å²) in [6.07, 6.45) is 2.98. The molecule has 0 fully saturated rings. The van der Waals surface area contributed by atoms with Gasteiger partial charge in [-0.1, -0.05) is 19.1 Å². The number of hydrogen-bond donors (Lipinski definition) is 0. The molecule has 8 nitrogen and oxygen atoms in total. The summed E-state index contributed by atoms with van der Waals surface area (Å²) < 4.78 is 12.4. The van der Waals surface area contributed by atoms with E-state index < -0.39 is 5.63 Å². The molecule has 0 saturated heterocycles. The molecule has 30 heavy (non-hydrogen) atoms. The van der Waals surface area contributed by atoms with Gasteiger partial charge in [-0.3, -0.25) is 4.79 Å². The zero-order valence-electron chi connectivity index (χ0n) is 17.1. The van der Waals surface area contributed by atoms with E-state index in [2.05, 4.69) is 15.1 Å². The van der Waals surface area contributed by atoms with E-state index in [0.29, 0.717) is 23.3 Å². The van der Waals surface area contributed by atoms with Crippen LogP contribution in [0, 0.1) is 13.8 Å². The lowest BCUT2D eigenvalue weighted by atomic mass is 10.1. The molecular formula is C22H22N4O4. The van der Waals surface area contributed by atoms with E-state index >= 15 is 0 Å². The zero-order valence-corrected chi connectivity index (χ0v) is 17.1. The lowest BCUT2D eigenvalue weighted by Gasteiger charge is -2.11. The van der Waals surface area contributed by atoms with Crippen LogP contribution < -0.4 is 5.63 Å². The third-order valence-corrected chi connectivity index (χ3v) is 5.26. The van der Waals surface area contributed by atoms with E-state index in [4.69, 9.17) is 9.15 Å². The Morgan fingerprint density at radius 1 is 1.23 bits per heavy atom. The molecule has 0 spiro atoms. The van der Waals surface area contributed by atoms with Crippen molar-refractivity contribution >= 4 is 22.7 Å². The molecule has 3 heterocycles. The van der Waals surface area contributed by atoms with Gasteiger partial charge in [0.1, 0.15) is 18.5 Å². The second-order valence-corrected chi connectivity index (χ2v) is 7.17. The maximum atomic E-state index is 12.4. The minimum Gasteiger partial charge on any atom is -0.461 e. The molecule has 0 unspecified atom stereocenters. The Morgan fingerprint density at radius 3 is 2.87 bits per heavy atom. The third-order valence-electron chi connectivity index (χ3n) is 5.26. The highest BCUT2D eigenvalue weighted by Crippen LogP contribution is 2.20. The molecule has 0 amide bonds. The molecule has 8 heteroatoms. The minimum absolute atomic E-state index is 0.0186. The topological polar surface area (TPSA) is 99.6 Å². The van der Waals surface area contributed by atoms with Crippen LogP contribution in [0.5, 0.6) is 0 Å². The molecule has 154 valence electrons.